The van der Waals surface area contributed by atoms with E-state index in [1.165, 1.54) is 16.7 Å². The first-order valence-corrected chi connectivity index (χ1v) is 7.22. The van der Waals surface area contributed by atoms with Crippen LogP contribution in [-0.4, -0.2) is 0 Å². The third-order valence-corrected chi connectivity index (χ3v) is 4.47. The lowest BCUT2D eigenvalue weighted by Gasteiger charge is -2.35. The second kappa shape index (κ2) is 5.13. The SMILES string of the molecule is CC1C=CC(c2ccccc2)=CC1(C)c1ccccc1. The van der Waals surface area contributed by atoms with Crippen LogP contribution in [0.3, 0.4) is 0 Å². The number of rotatable bonds is 2. The molecule has 3 rings (SSSR count). The Labute approximate surface area is 121 Å². The van der Waals surface area contributed by atoms with Gasteiger partial charge in [-0.2, -0.15) is 0 Å². The second-order valence-electron chi connectivity index (χ2n) is 5.76. The van der Waals surface area contributed by atoms with E-state index in [1.54, 1.807) is 0 Å². The predicted octanol–water partition coefficient (Wildman–Crippen LogP) is 5.23. The van der Waals surface area contributed by atoms with Gasteiger partial charge in [0.05, 0.1) is 0 Å². The molecule has 0 bridgehead atoms. The molecule has 100 valence electrons. The van der Waals surface area contributed by atoms with Gasteiger partial charge >= 0.3 is 0 Å². The molecule has 2 aromatic rings. The van der Waals surface area contributed by atoms with Gasteiger partial charge < -0.3 is 0 Å². The molecule has 0 radical (unpaired) electrons. The number of hydrogen-bond donors (Lipinski definition) is 0. The normalized spacial score (nSPS) is 25.3. The molecular formula is C20H20. The summed E-state index contributed by atoms with van der Waals surface area (Å²) in [5.74, 6) is 0.498. The molecule has 0 fully saturated rings. The van der Waals surface area contributed by atoms with E-state index in [9.17, 15) is 0 Å². The minimum absolute atomic E-state index is 0.0567. The Morgan fingerprint density at radius 2 is 1.45 bits per heavy atom. The summed E-state index contributed by atoms with van der Waals surface area (Å²) in [5.41, 5.74) is 4.04. The van der Waals surface area contributed by atoms with E-state index < -0.39 is 0 Å². The first-order chi connectivity index (χ1) is 9.70. The Kier molecular flexibility index (Phi) is 3.31. The third kappa shape index (κ3) is 2.22. The van der Waals surface area contributed by atoms with Crippen LogP contribution in [0, 0.1) is 5.92 Å². The molecule has 0 aromatic heterocycles. The van der Waals surface area contributed by atoms with Crippen LogP contribution in [0.15, 0.2) is 78.9 Å². The van der Waals surface area contributed by atoms with E-state index in [2.05, 4.69) is 92.7 Å². The van der Waals surface area contributed by atoms with Crippen LogP contribution in [0.2, 0.25) is 0 Å². The van der Waals surface area contributed by atoms with Gasteiger partial charge in [-0.25, -0.2) is 0 Å². The average Bonchev–Trinajstić information content (AvgIpc) is 2.52. The van der Waals surface area contributed by atoms with E-state index in [0.29, 0.717) is 5.92 Å². The summed E-state index contributed by atoms with van der Waals surface area (Å²) in [7, 11) is 0. The van der Waals surface area contributed by atoms with E-state index >= 15 is 0 Å². The van der Waals surface area contributed by atoms with Gasteiger partial charge in [0.25, 0.3) is 0 Å². The lowest BCUT2D eigenvalue weighted by atomic mass is 9.68. The molecule has 0 saturated heterocycles. The average molecular weight is 260 g/mol. The van der Waals surface area contributed by atoms with E-state index in [4.69, 9.17) is 0 Å². The summed E-state index contributed by atoms with van der Waals surface area (Å²) in [4.78, 5) is 0. The zero-order chi connectivity index (χ0) is 14.0. The summed E-state index contributed by atoms with van der Waals surface area (Å²) < 4.78 is 0. The summed E-state index contributed by atoms with van der Waals surface area (Å²) in [5, 5.41) is 0. The predicted molar refractivity (Wildman–Crippen MR) is 86.5 cm³/mol. The molecule has 0 saturated carbocycles. The van der Waals surface area contributed by atoms with Crippen molar-refractivity contribution in [3.63, 3.8) is 0 Å². The fraction of sp³-hybridized carbons (Fsp3) is 0.200. The molecule has 0 N–H and O–H groups in total. The van der Waals surface area contributed by atoms with E-state index in [1.807, 2.05) is 0 Å². The molecular weight excluding hydrogens is 240 g/mol. The number of hydrogen-bond acceptors (Lipinski definition) is 0. The first-order valence-electron chi connectivity index (χ1n) is 7.22. The molecule has 0 heterocycles. The summed E-state index contributed by atoms with van der Waals surface area (Å²) >= 11 is 0. The maximum Gasteiger partial charge on any atom is 0.0173 e. The van der Waals surface area contributed by atoms with Crippen LogP contribution in [0.25, 0.3) is 5.57 Å². The highest BCUT2D eigenvalue weighted by Gasteiger charge is 2.31. The monoisotopic (exact) mass is 260 g/mol. The largest absolute Gasteiger partial charge is 0.0799 e. The van der Waals surface area contributed by atoms with Gasteiger partial charge in [-0.15, -0.1) is 0 Å². The quantitative estimate of drug-likeness (QED) is 0.693. The van der Waals surface area contributed by atoms with Crippen molar-refractivity contribution in [2.75, 3.05) is 0 Å². The number of allylic oxidation sites excluding steroid dienone is 4. The molecule has 2 atom stereocenters. The Bertz CT molecular complexity index is 634. The Balaban J connectivity index is 2.07. The first kappa shape index (κ1) is 12.9. The highest BCUT2D eigenvalue weighted by atomic mass is 14.3. The molecule has 0 heteroatoms. The van der Waals surface area contributed by atoms with E-state index in [0.717, 1.165) is 0 Å². The molecule has 0 amide bonds. The summed E-state index contributed by atoms with van der Waals surface area (Å²) in [6.45, 7) is 4.63. The van der Waals surface area contributed by atoms with Crippen LogP contribution in [-0.2, 0) is 5.41 Å². The third-order valence-electron chi connectivity index (χ3n) is 4.47. The van der Waals surface area contributed by atoms with Gasteiger partial charge in [-0.1, -0.05) is 92.7 Å². The fourth-order valence-electron chi connectivity index (χ4n) is 2.90. The second-order valence-corrected chi connectivity index (χ2v) is 5.76. The minimum atomic E-state index is 0.0567. The van der Waals surface area contributed by atoms with Crippen LogP contribution in [0.4, 0.5) is 0 Å². The summed E-state index contributed by atoms with van der Waals surface area (Å²) in [6, 6.07) is 21.4. The number of benzene rings is 2. The molecule has 1 aliphatic carbocycles. The zero-order valence-corrected chi connectivity index (χ0v) is 12.1. The van der Waals surface area contributed by atoms with E-state index in [-0.39, 0.29) is 5.41 Å². The van der Waals surface area contributed by atoms with Gasteiger partial charge in [0.2, 0.25) is 0 Å². The van der Waals surface area contributed by atoms with Gasteiger partial charge in [0.15, 0.2) is 0 Å². The minimum Gasteiger partial charge on any atom is -0.0799 e. The maximum absolute atomic E-state index is 2.42. The molecule has 1 aliphatic rings. The van der Waals surface area contributed by atoms with Crippen molar-refractivity contribution < 1.29 is 0 Å². The molecule has 2 unspecified atom stereocenters. The van der Waals surface area contributed by atoms with Crippen molar-refractivity contribution in [3.05, 3.63) is 90.0 Å². The summed E-state index contributed by atoms with van der Waals surface area (Å²) in [6.07, 6.45) is 7.00. The van der Waals surface area contributed by atoms with Crippen molar-refractivity contribution in [1.29, 1.82) is 0 Å². The standard InChI is InChI=1S/C20H20/c1-16-13-14-18(17-9-5-3-6-10-17)15-20(16,2)19-11-7-4-8-12-19/h3-16H,1-2H3. The molecule has 2 aromatic carbocycles. The molecule has 20 heavy (non-hydrogen) atoms. The highest BCUT2D eigenvalue weighted by molar-refractivity contribution is 5.76. The van der Waals surface area contributed by atoms with Crippen molar-refractivity contribution in [2.45, 2.75) is 19.3 Å². The van der Waals surface area contributed by atoms with Gasteiger partial charge in [0, 0.05) is 5.41 Å². The van der Waals surface area contributed by atoms with Gasteiger partial charge in [0.1, 0.15) is 0 Å². The molecule has 0 spiro atoms. The van der Waals surface area contributed by atoms with Crippen LogP contribution < -0.4 is 0 Å². The maximum atomic E-state index is 2.42. The Morgan fingerprint density at radius 3 is 2.10 bits per heavy atom. The van der Waals surface area contributed by atoms with Gasteiger partial charge in [-0.05, 0) is 22.6 Å². The van der Waals surface area contributed by atoms with Crippen LogP contribution in [0.5, 0.6) is 0 Å². The smallest absolute Gasteiger partial charge is 0.0173 e. The fourth-order valence-corrected chi connectivity index (χ4v) is 2.90. The molecule has 0 aliphatic heterocycles. The Morgan fingerprint density at radius 1 is 0.850 bits per heavy atom. The lowest BCUT2D eigenvalue weighted by molar-refractivity contribution is 0.459. The topological polar surface area (TPSA) is 0 Å². The van der Waals surface area contributed by atoms with Crippen molar-refractivity contribution in [3.8, 4) is 0 Å². The van der Waals surface area contributed by atoms with Gasteiger partial charge in [-0.3, -0.25) is 0 Å². The van der Waals surface area contributed by atoms with Crippen molar-refractivity contribution >= 4 is 5.57 Å². The zero-order valence-electron chi connectivity index (χ0n) is 12.1. The highest BCUT2D eigenvalue weighted by Crippen LogP contribution is 2.40. The Hall–Kier alpha value is -2.08. The van der Waals surface area contributed by atoms with Crippen LogP contribution >= 0.6 is 0 Å². The van der Waals surface area contributed by atoms with Crippen molar-refractivity contribution in [2.24, 2.45) is 5.92 Å². The molecule has 0 nitrogen and oxygen atoms in total. The lowest BCUT2D eigenvalue weighted by Crippen LogP contribution is -2.29. The van der Waals surface area contributed by atoms with Crippen molar-refractivity contribution in [1.82, 2.24) is 0 Å². The van der Waals surface area contributed by atoms with Crippen LogP contribution in [0.1, 0.15) is 25.0 Å².